The molecule has 1 aromatic heterocycles. The zero-order chi connectivity index (χ0) is 20.1. The van der Waals surface area contributed by atoms with Gasteiger partial charge >= 0.3 is 0 Å². The summed E-state index contributed by atoms with van der Waals surface area (Å²) in [6.45, 7) is 2.85. The van der Waals surface area contributed by atoms with Crippen LogP contribution in [0.25, 0.3) is 0 Å². The molecule has 0 atom stereocenters. The Hall–Kier alpha value is -3.61. The molecule has 7 heteroatoms. The van der Waals surface area contributed by atoms with Gasteiger partial charge in [-0.3, -0.25) is 4.79 Å². The third kappa shape index (κ3) is 4.45. The molecular formula is C22H23N5O2. The Bertz CT molecular complexity index is 937. The molecule has 0 saturated carbocycles. The molecule has 3 aromatic rings. The lowest BCUT2D eigenvalue weighted by molar-refractivity contribution is 0.0740. The van der Waals surface area contributed by atoms with E-state index in [1.54, 1.807) is 13.3 Å². The van der Waals surface area contributed by atoms with Crippen molar-refractivity contribution in [1.82, 2.24) is 14.9 Å². The molecule has 1 aliphatic heterocycles. The minimum atomic E-state index is -0.0851. The number of benzene rings is 2. The van der Waals surface area contributed by atoms with E-state index in [1.165, 1.54) is 6.20 Å². The van der Waals surface area contributed by atoms with Crippen LogP contribution in [0.5, 0.6) is 5.75 Å². The van der Waals surface area contributed by atoms with Gasteiger partial charge < -0.3 is 19.9 Å². The normalized spacial score (nSPS) is 13.8. The van der Waals surface area contributed by atoms with Gasteiger partial charge in [-0.25, -0.2) is 9.97 Å². The van der Waals surface area contributed by atoms with Crippen molar-refractivity contribution in [2.24, 2.45) is 0 Å². The van der Waals surface area contributed by atoms with E-state index in [-0.39, 0.29) is 5.91 Å². The summed E-state index contributed by atoms with van der Waals surface area (Å²) in [5.41, 5.74) is 2.42. The van der Waals surface area contributed by atoms with Gasteiger partial charge in [0.1, 0.15) is 17.3 Å². The Balaban J connectivity index is 1.34. The second-order valence-corrected chi connectivity index (χ2v) is 6.76. The standard InChI is InChI=1S/C22H23N5O2/c1-29-19-9-7-18(8-10-19)26-11-13-27(14-12-26)22(28)20-15-24-21(16-23-20)25-17-5-3-2-4-6-17/h2-10,15-16H,11-14H2,1H3,(H,24,25). The highest BCUT2D eigenvalue weighted by atomic mass is 16.5. The molecule has 1 amide bonds. The number of ether oxygens (including phenoxy) is 1. The van der Waals surface area contributed by atoms with Gasteiger partial charge in [0.15, 0.2) is 0 Å². The van der Waals surface area contributed by atoms with E-state index >= 15 is 0 Å². The van der Waals surface area contributed by atoms with Crippen molar-refractivity contribution in [2.75, 3.05) is 43.5 Å². The van der Waals surface area contributed by atoms with E-state index in [4.69, 9.17) is 4.74 Å². The molecule has 1 N–H and O–H groups in total. The molecule has 0 spiro atoms. The first-order chi connectivity index (χ1) is 14.2. The second kappa shape index (κ2) is 8.60. The number of carbonyl (C=O) groups is 1. The number of hydrogen-bond donors (Lipinski definition) is 1. The van der Waals surface area contributed by atoms with Gasteiger partial charge in [0.05, 0.1) is 19.5 Å². The average molecular weight is 389 g/mol. The van der Waals surface area contributed by atoms with Gasteiger partial charge in [0.25, 0.3) is 5.91 Å². The third-order valence-corrected chi connectivity index (χ3v) is 4.92. The number of carbonyl (C=O) groups excluding carboxylic acids is 1. The summed E-state index contributed by atoms with van der Waals surface area (Å²) in [5, 5.41) is 3.17. The fourth-order valence-electron chi connectivity index (χ4n) is 3.30. The molecule has 2 heterocycles. The van der Waals surface area contributed by atoms with Gasteiger partial charge in [-0.1, -0.05) is 18.2 Å². The number of aromatic nitrogens is 2. The van der Waals surface area contributed by atoms with Crippen molar-refractivity contribution in [1.29, 1.82) is 0 Å². The summed E-state index contributed by atoms with van der Waals surface area (Å²) in [7, 11) is 1.66. The number of rotatable bonds is 5. The molecule has 0 bridgehead atoms. The largest absolute Gasteiger partial charge is 0.497 e. The molecule has 1 fully saturated rings. The summed E-state index contributed by atoms with van der Waals surface area (Å²) in [4.78, 5) is 25.5. The molecule has 1 saturated heterocycles. The maximum atomic E-state index is 12.8. The quantitative estimate of drug-likeness (QED) is 0.723. The maximum absolute atomic E-state index is 12.8. The predicted octanol–water partition coefficient (Wildman–Crippen LogP) is 3.19. The fraction of sp³-hybridized carbons (Fsp3) is 0.227. The Labute approximate surface area is 170 Å². The molecule has 0 unspecified atom stereocenters. The number of hydrogen-bond acceptors (Lipinski definition) is 6. The highest BCUT2D eigenvalue weighted by Gasteiger charge is 2.23. The number of amides is 1. The minimum absolute atomic E-state index is 0.0851. The molecule has 4 rings (SSSR count). The smallest absolute Gasteiger partial charge is 0.274 e. The molecule has 2 aromatic carbocycles. The fourth-order valence-corrected chi connectivity index (χ4v) is 3.30. The van der Waals surface area contributed by atoms with E-state index < -0.39 is 0 Å². The van der Waals surface area contributed by atoms with Crippen molar-refractivity contribution in [3.05, 3.63) is 72.7 Å². The molecule has 29 heavy (non-hydrogen) atoms. The first-order valence-corrected chi connectivity index (χ1v) is 9.55. The Morgan fingerprint density at radius 1 is 0.931 bits per heavy atom. The predicted molar refractivity (Wildman–Crippen MR) is 113 cm³/mol. The highest BCUT2D eigenvalue weighted by molar-refractivity contribution is 5.92. The maximum Gasteiger partial charge on any atom is 0.274 e. The lowest BCUT2D eigenvalue weighted by Gasteiger charge is -2.36. The lowest BCUT2D eigenvalue weighted by atomic mass is 10.2. The number of nitrogens with zero attached hydrogens (tertiary/aromatic N) is 4. The molecule has 1 aliphatic rings. The van der Waals surface area contributed by atoms with Crippen LogP contribution in [0.15, 0.2) is 67.0 Å². The number of methoxy groups -OCH3 is 1. The van der Waals surface area contributed by atoms with E-state index in [2.05, 4.69) is 20.2 Å². The van der Waals surface area contributed by atoms with Gasteiger partial charge in [-0.15, -0.1) is 0 Å². The van der Waals surface area contributed by atoms with Crippen LogP contribution in [-0.2, 0) is 0 Å². The van der Waals surface area contributed by atoms with Crippen LogP contribution in [-0.4, -0.2) is 54.1 Å². The van der Waals surface area contributed by atoms with Gasteiger partial charge in [0.2, 0.25) is 0 Å². The van der Waals surface area contributed by atoms with Crippen LogP contribution in [0.4, 0.5) is 17.2 Å². The first kappa shape index (κ1) is 18.7. The Morgan fingerprint density at radius 2 is 1.66 bits per heavy atom. The molecule has 148 valence electrons. The zero-order valence-corrected chi connectivity index (χ0v) is 16.3. The number of piperazine rings is 1. The third-order valence-electron chi connectivity index (χ3n) is 4.92. The van der Waals surface area contributed by atoms with Gasteiger partial charge in [-0.05, 0) is 36.4 Å². The number of para-hydroxylation sites is 1. The van der Waals surface area contributed by atoms with E-state index in [9.17, 15) is 4.79 Å². The minimum Gasteiger partial charge on any atom is -0.497 e. The van der Waals surface area contributed by atoms with Crippen molar-refractivity contribution >= 4 is 23.1 Å². The SMILES string of the molecule is COc1ccc(N2CCN(C(=O)c3cnc(Nc4ccccc4)cn3)CC2)cc1. The van der Waals surface area contributed by atoms with E-state index in [0.717, 1.165) is 30.2 Å². The van der Waals surface area contributed by atoms with Crippen LogP contribution >= 0.6 is 0 Å². The first-order valence-electron chi connectivity index (χ1n) is 9.55. The lowest BCUT2D eigenvalue weighted by Crippen LogP contribution is -2.49. The molecule has 0 radical (unpaired) electrons. The summed E-state index contributed by atoms with van der Waals surface area (Å²) in [5.74, 6) is 1.36. The van der Waals surface area contributed by atoms with Crippen molar-refractivity contribution in [2.45, 2.75) is 0 Å². The van der Waals surface area contributed by atoms with Crippen LogP contribution in [0.3, 0.4) is 0 Å². The van der Waals surface area contributed by atoms with Crippen molar-refractivity contribution in [3.63, 3.8) is 0 Å². The summed E-state index contributed by atoms with van der Waals surface area (Å²) >= 11 is 0. The Morgan fingerprint density at radius 3 is 2.28 bits per heavy atom. The number of nitrogens with one attached hydrogen (secondary N) is 1. The zero-order valence-electron chi connectivity index (χ0n) is 16.3. The van der Waals surface area contributed by atoms with E-state index in [1.807, 2.05) is 59.5 Å². The summed E-state index contributed by atoms with van der Waals surface area (Å²) in [6, 6.07) is 17.7. The van der Waals surface area contributed by atoms with Crippen molar-refractivity contribution < 1.29 is 9.53 Å². The average Bonchev–Trinajstić information content (AvgIpc) is 2.80. The molecular weight excluding hydrogens is 366 g/mol. The monoisotopic (exact) mass is 389 g/mol. The van der Waals surface area contributed by atoms with Gasteiger partial charge in [-0.2, -0.15) is 0 Å². The topological polar surface area (TPSA) is 70.6 Å². The summed E-state index contributed by atoms with van der Waals surface area (Å²) in [6.07, 6.45) is 3.12. The van der Waals surface area contributed by atoms with Crippen molar-refractivity contribution in [3.8, 4) is 5.75 Å². The van der Waals surface area contributed by atoms with Crippen LogP contribution in [0.1, 0.15) is 10.5 Å². The van der Waals surface area contributed by atoms with Crippen LogP contribution in [0.2, 0.25) is 0 Å². The van der Waals surface area contributed by atoms with Gasteiger partial charge in [0, 0.05) is 37.6 Å². The Kier molecular flexibility index (Phi) is 5.56. The summed E-state index contributed by atoms with van der Waals surface area (Å²) < 4.78 is 5.21. The highest BCUT2D eigenvalue weighted by Crippen LogP contribution is 2.21. The van der Waals surface area contributed by atoms with E-state index in [0.29, 0.717) is 24.6 Å². The van der Waals surface area contributed by atoms with Crippen LogP contribution in [0, 0.1) is 0 Å². The number of anilines is 3. The van der Waals surface area contributed by atoms with Crippen LogP contribution < -0.4 is 15.0 Å². The molecule has 7 nitrogen and oxygen atoms in total. The second-order valence-electron chi connectivity index (χ2n) is 6.76. The molecule has 0 aliphatic carbocycles.